The number of fused-ring (bicyclic) bond motifs is 2. The minimum Gasteiger partial charge on any atom is -0.464 e. The highest BCUT2D eigenvalue weighted by atomic mass is 16.7. The van der Waals surface area contributed by atoms with Crippen molar-refractivity contribution >= 4 is 16.8 Å². The standard InChI is InChI=1S/C19H17N3O4/c1-12(26-19-14-4-2-3-5-15(14)21-10-22-19)18(23)20-9-13-6-7-16-17(8-13)25-11-24-16/h2-8,10,12H,9,11H2,1H3,(H,20,23). The summed E-state index contributed by atoms with van der Waals surface area (Å²) in [6.07, 6.45) is 0.733. The molecule has 1 N–H and O–H groups in total. The Morgan fingerprint density at radius 1 is 1.19 bits per heavy atom. The quantitative estimate of drug-likeness (QED) is 0.760. The number of nitrogens with one attached hydrogen (secondary N) is 1. The van der Waals surface area contributed by atoms with Gasteiger partial charge in [0.15, 0.2) is 17.6 Å². The van der Waals surface area contributed by atoms with E-state index in [9.17, 15) is 4.79 Å². The van der Waals surface area contributed by atoms with E-state index in [4.69, 9.17) is 14.2 Å². The molecule has 7 heteroatoms. The molecule has 132 valence electrons. The number of amides is 1. The van der Waals surface area contributed by atoms with E-state index in [1.807, 2.05) is 42.5 Å². The third kappa shape index (κ3) is 3.23. The molecular formula is C19H17N3O4. The Morgan fingerprint density at radius 3 is 2.96 bits per heavy atom. The van der Waals surface area contributed by atoms with Crippen LogP contribution in [0.15, 0.2) is 48.8 Å². The van der Waals surface area contributed by atoms with Crippen molar-refractivity contribution in [2.75, 3.05) is 6.79 Å². The maximum atomic E-state index is 12.4. The molecule has 0 bridgehead atoms. The molecule has 1 amide bonds. The highest BCUT2D eigenvalue weighted by molar-refractivity contribution is 5.84. The van der Waals surface area contributed by atoms with E-state index in [0.29, 0.717) is 23.9 Å². The predicted octanol–water partition coefficient (Wildman–Crippen LogP) is 2.44. The van der Waals surface area contributed by atoms with Crippen LogP contribution in [0.3, 0.4) is 0 Å². The number of aromatic nitrogens is 2. The van der Waals surface area contributed by atoms with Crippen LogP contribution in [0.25, 0.3) is 10.9 Å². The Bertz CT molecular complexity index is 955. The highest BCUT2D eigenvalue weighted by Crippen LogP contribution is 2.32. The summed E-state index contributed by atoms with van der Waals surface area (Å²) in [5.74, 6) is 1.56. The van der Waals surface area contributed by atoms with Gasteiger partial charge < -0.3 is 19.5 Å². The summed E-state index contributed by atoms with van der Waals surface area (Å²) in [6.45, 7) is 2.28. The van der Waals surface area contributed by atoms with Crippen molar-refractivity contribution in [3.05, 3.63) is 54.4 Å². The lowest BCUT2D eigenvalue weighted by Gasteiger charge is -2.15. The number of hydrogen-bond acceptors (Lipinski definition) is 6. The SMILES string of the molecule is CC(Oc1ncnc2ccccc12)C(=O)NCc1ccc2c(c1)OCO2. The van der Waals surface area contributed by atoms with E-state index >= 15 is 0 Å². The molecule has 0 fully saturated rings. The molecule has 7 nitrogen and oxygen atoms in total. The van der Waals surface area contributed by atoms with Crippen LogP contribution in [0.5, 0.6) is 17.4 Å². The number of carbonyl (C=O) groups is 1. The molecule has 1 aromatic heterocycles. The third-order valence-electron chi connectivity index (χ3n) is 4.07. The van der Waals surface area contributed by atoms with Gasteiger partial charge in [0.25, 0.3) is 5.91 Å². The average molecular weight is 351 g/mol. The summed E-state index contributed by atoms with van der Waals surface area (Å²) in [7, 11) is 0. The fraction of sp³-hybridized carbons (Fsp3) is 0.211. The summed E-state index contributed by atoms with van der Waals surface area (Å²) in [5.41, 5.74) is 1.69. The van der Waals surface area contributed by atoms with Crippen LogP contribution in [0.1, 0.15) is 12.5 Å². The molecule has 0 radical (unpaired) electrons. The van der Waals surface area contributed by atoms with Crippen LogP contribution in [0.2, 0.25) is 0 Å². The Hall–Kier alpha value is -3.35. The second-order valence-corrected chi connectivity index (χ2v) is 5.86. The highest BCUT2D eigenvalue weighted by Gasteiger charge is 2.18. The predicted molar refractivity (Wildman–Crippen MR) is 94.0 cm³/mol. The van der Waals surface area contributed by atoms with Crippen LogP contribution in [0, 0.1) is 0 Å². The van der Waals surface area contributed by atoms with E-state index in [1.54, 1.807) is 6.92 Å². The maximum absolute atomic E-state index is 12.4. The summed E-state index contributed by atoms with van der Waals surface area (Å²) in [6, 6.07) is 13.1. The fourth-order valence-corrected chi connectivity index (χ4v) is 2.68. The van der Waals surface area contributed by atoms with Gasteiger partial charge in [0.2, 0.25) is 12.7 Å². The van der Waals surface area contributed by atoms with Gasteiger partial charge in [-0.25, -0.2) is 9.97 Å². The zero-order valence-corrected chi connectivity index (χ0v) is 14.1. The van der Waals surface area contributed by atoms with E-state index in [1.165, 1.54) is 6.33 Å². The van der Waals surface area contributed by atoms with Gasteiger partial charge in [-0.05, 0) is 36.8 Å². The van der Waals surface area contributed by atoms with Crippen LogP contribution in [-0.2, 0) is 11.3 Å². The van der Waals surface area contributed by atoms with Gasteiger partial charge in [-0.3, -0.25) is 4.79 Å². The Labute approximate surface area is 149 Å². The summed E-state index contributed by atoms with van der Waals surface area (Å²) in [5, 5.41) is 3.62. The van der Waals surface area contributed by atoms with Gasteiger partial charge in [0, 0.05) is 6.54 Å². The van der Waals surface area contributed by atoms with Crippen LogP contribution < -0.4 is 19.5 Å². The minimum absolute atomic E-state index is 0.225. The van der Waals surface area contributed by atoms with Gasteiger partial charge in [0.1, 0.15) is 6.33 Å². The maximum Gasteiger partial charge on any atom is 0.261 e. The van der Waals surface area contributed by atoms with Crippen molar-refractivity contribution in [3.63, 3.8) is 0 Å². The number of para-hydroxylation sites is 1. The second-order valence-electron chi connectivity index (χ2n) is 5.86. The van der Waals surface area contributed by atoms with Gasteiger partial charge in [-0.1, -0.05) is 18.2 Å². The lowest BCUT2D eigenvalue weighted by molar-refractivity contribution is -0.127. The molecule has 1 atom stereocenters. The molecule has 26 heavy (non-hydrogen) atoms. The molecule has 0 aliphatic carbocycles. The Morgan fingerprint density at radius 2 is 2.04 bits per heavy atom. The lowest BCUT2D eigenvalue weighted by Crippen LogP contribution is -2.36. The number of ether oxygens (including phenoxy) is 3. The first-order valence-corrected chi connectivity index (χ1v) is 8.23. The average Bonchev–Trinajstić information content (AvgIpc) is 3.14. The van der Waals surface area contributed by atoms with Gasteiger partial charge in [-0.15, -0.1) is 0 Å². The molecule has 2 heterocycles. The van der Waals surface area contributed by atoms with Gasteiger partial charge >= 0.3 is 0 Å². The van der Waals surface area contributed by atoms with Crippen molar-refractivity contribution in [2.45, 2.75) is 19.6 Å². The molecule has 4 rings (SSSR count). The molecule has 1 aliphatic rings. The molecule has 1 unspecified atom stereocenters. The first-order chi connectivity index (χ1) is 12.7. The Kier molecular flexibility index (Phi) is 4.27. The van der Waals surface area contributed by atoms with Crippen molar-refractivity contribution in [2.24, 2.45) is 0 Å². The summed E-state index contributed by atoms with van der Waals surface area (Å²) >= 11 is 0. The first kappa shape index (κ1) is 16.1. The third-order valence-corrected chi connectivity index (χ3v) is 4.07. The molecule has 2 aromatic carbocycles. The monoisotopic (exact) mass is 351 g/mol. The first-order valence-electron chi connectivity index (χ1n) is 8.23. The molecule has 1 aliphatic heterocycles. The molecule has 3 aromatic rings. The number of nitrogens with zero attached hydrogens (tertiary/aromatic N) is 2. The molecule has 0 spiro atoms. The summed E-state index contributed by atoms with van der Waals surface area (Å²) in [4.78, 5) is 20.7. The van der Waals surface area contributed by atoms with Crippen molar-refractivity contribution in [1.82, 2.24) is 15.3 Å². The van der Waals surface area contributed by atoms with Crippen LogP contribution >= 0.6 is 0 Å². The van der Waals surface area contributed by atoms with Crippen molar-refractivity contribution in [3.8, 4) is 17.4 Å². The fourth-order valence-electron chi connectivity index (χ4n) is 2.68. The number of carbonyl (C=O) groups excluding carboxylic acids is 1. The normalized spacial score (nSPS) is 13.4. The number of benzene rings is 2. The molecule has 0 saturated carbocycles. The molecular weight excluding hydrogens is 334 g/mol. The van der Waals surface area contributed by atoms with E-state index in [-0.39, 0.29) is 12.7 Å². The molecule has 0 saturated heterocycles. The zero-order valence-electron chi connectivity index (χ0n) is 14.1. The van der Waals surface area contributed by atoms with Crippen molar-refractivity contribution in [1.29, 1.82) is 0 Å². The van der Waals surface area contributed by atoms with Crippen LogP contribution in [0.4, 0.5) is 0 Å². The van der Waals surface area contributed by atoms with E-state index < -0.39 is 6.10 Å². The largest absolute Gasteiger partial charge is 0.464 e. The Balaban J connectivity index is 1.40. The van der Waals surface area contributed by atoms with Gasteiger partial charge in [-0.2, -0.15) is 0 Å². The second kappa shape index (κ2) is 6.87. The van der Waals surface area contributed by atoms with Gasteiger partial charge in [0.05, 0.1) is 10.9 Å². The minimum atomic E-state index is -0.692. The van der Waals surface area contributed by atoms with Crippen molar-refractivity contribution < 1.29 is 19.0 Å². The summed E-state index contributed by atoms with van der Waals surface area (Å²) < 4.78 is 16.4. The van der Waals surface area contributed by atoms with E-state index in [0.717, 1.165) is 16.5 Å². The zero-order chi connectivity index (χ0) is 17.9. The number of hydrogen-bond donors (Lipinski definition) is 1. The lowest BCUT2D eigenvalue weighted by atomic mass is 10.2. The number of rotatable bonds is 5. The van der Waals surface area contributed by atoms with Crippen LogP contribution in [-0.4, -0.2) is 28.8 Å². The smallest absolute Gasteiger partial charge is 0.261 e. The van der Waals surface area contributed by atoms with E-state index in [2.05, 4.69) is 15.3 Å². The topological polar surface area (TPSA) is 82.6 Å².